The summed E-state index contributed by atoms with van der Waals surface area (Å²) in [6.07, 6.45) is 0.768. The lowest BCUT2D eigenvalue weighted by atomic mass is 10.1. The Morgan fingerprint density at radius 2 is 2.12 bits per heavy atom. The van der Waals surface area contributed by atoms with Gasteiger partial charge in [-0.15, -0.1) is 16.4 Å². The minimum absolute atomic E-state index is 0.0374. The molecule has 0 aliphatic rings. The lowest BCUT2D eigenvalue weighted by Crippen LogP contribution is -2.27. The second kappa shape index (κ2) is 8.98. The van der Waals surface area contributed by atoms with Crippen molar-refractivity contribution in [3.63, 3.8) is 0 Å². The Balaban J connectivity index is 1.42. The molecule has 0 saturated heterocycles. The Morgan fingerprint density at radius 1 is 1.28 bits per heavy atom. The van der Waals surface area contributed by atoms with Crippen molar-refractivity contribution in [2.75, 3.05) is 12.3 Å². The van der Waals surface area contributed by atoms with Crippen molar-refractivity contribution < 1.29 is 4.79 Å². The van der Waals surface area contributed by atoms with Crippen LogP contribution in [0.15, 0.2) is 46.9 Å². The number of thioether (sulfide) groups is 1. The van der Waals surface area contributed by atoms with Gasteiger partial charge in [0.2, 0.25) is 11.1 Å². The first-order valence-corrected chi connectivity index (χ1v) is 9.87. The Hall–Kier alpha value is -1.90. The molecule has 6 nitrogen and oxygen atoms in total. The van der Waals surface area contributed by atoms with Gasteiger partial charge in [0.15, 0.2) is 0 Å². The minimum Gasteiger partial charge on any atom is -0.355 e. The average molecular weight is 394 g/mol. The molecule has 1 N–H and O–H groups in total. The molecule has 25 heavy (non-hydrogen) atoms. The van der Waals surface area contributed by atoms with Crippen molar-refractivity contribution in [2.45, 2.75) is 18.1 Å². The molecule has 9 heteroatoms. The molecule has 0 atom stereocenters. The second-order valence-electron chi connectivity index (χ2n) is 5.21. The third-order valence-electron chi connectivity index (χ3n) is 3.37. The fourth-order valence-corrected chi connectivity index (χ4v) is 3.65. The molecule has 0 fully saturated rings. The number of carbonyl (C=O) groups excluding carboxylic acids is 1. The molecule has 3 rings (SSSR count). The predicted octanol–water partition coefficient (Wildman–Crippen LogP) is 2.89. The monoisotopic (exact) mass is 393 g/mol. The summed E-state index contributed by atoms with van der Waals surface area (Å²) in [5, 5.41) is 17.9. The molecule has 130 valence electrons. The van der Waals surface area contributed by atoms with Gasteiger partial charge in [-0.3, -0.25) is 4.79 Å². The number of hydrogen-bond acceptors (Lipinski definition) is 6. The minimum atomic E-state index is -0.0374. The maximum absolute atomic E-state index is 12.0. The number of thiophene rings is 1. The molecule has 0 aliphatic carbocycles. The summed E-state index contributed by atoms with van der Waals surface area (Å²) in [6.45, 7) is 1.20. The summed E-state index contributed by atoms with van der Waals surface area (Å²) in [4.78, 5) is 13.2. The van der Waals surface area contributed by atoms with Gasteiger partial charge >= 0.3 is 0 Å². The van der Waals surface area contributed by atoms with E-state index in [4.69, 9.17) is 11.6 Å². The van der Waals surface area contributed by atoms with Gasteiger partial charge in [-0.2, -0.15) is 0 Å². The van der Waals surface area contributed by atoms with Crippen molar-refractivity contribution in [2.24, 2.45) is 0 Å². The Bertz CT molecular complexity index is 804. The number of halogens is 1. The standard InChI is InChI=1S/C16H16ClN5OS2/c17-13-5-3-12(4-6-13)7-8-18-15(23)11-25-16-19-20-21-22(16)10-14-2-1-9-24-14/h1-6,9H,7-8,10-11H2,(H,18,23). The molecule has 1 amide bonds. The van der Waals surface area contributed by atoms with E-state index in [1.54, 1.807) is 16.0 Å². The van der Waals surface area contributed by atoms with Gasteiger partial charge in [-0.1, -0.05) is 41.6 Å². The van der Waals surface area contributed by atoms with E-state index < -0.39 is 0 Å². The van der Waals surface area contributed by atoms with E-state index in [0.717, 1.165) is 12.0 Å². The molecule has 0 unspecified atom stereocenters. The Kier molecular flexibility index (Phi) is 6.43. The summed E-state index contributed by atoms with van der Waals surface area (Å²) in [7, 11) is 0. The van der Waals surface area contributed by atoms with E-state index in [1.807, 2.05) is 41.8 Å². The van der Waals surface area contributed by atoms with E-state index >= 15 is 0 Å². The van der Waals surface area contributed by atoms with Gasteiger partial charge in [-0.05, 0) is 46.0 Å². The number of carbonyl (C=O) groups is 1. The van der Waals surface area contributed by atoms with E-state index in [1.165, 1.54) is 16.6 Å². The van der Waals surface area contributed by atoms with E-state index in [2.05, 4.69) is 20.8 Å². The fourth-order valence-electron chi connectivity index (χ4n) is 2.13. The van der Waals surface area contributed by atoms with Crippen LogP contribution in [-0.4, -0.2) is 38.4 Å². The number of nitrogens with one attached hydrogen (secondary N) is 1. The van der Waals surface area contributed by atoms with Gasteiger partial charge in [-0.25, -0.2) is 4.68 Å². The van der Waals surface area contributed by atoms with Crippen LogP contribution in [-0.2, 0) is 17.8 Å². The van der Waals surface area contributed by atoms with Crippen molar-refractivity contribution in [1.82, 2.24) is 25.5 Å². The lowest BCUT2D eigenvalue weighted by Gasteiger charge is -2.06. The number of benzene rings is 1. The molecule has 0 bridgehead atoms. The van der Waals surface area contributed by atoms with Crippen LogP contribution in [0.1, 0.15) is 10.4 Å². The molecule has 2 aromatic heterocycles. The Morgan fingerprint density at radius 3 is 2.88 bits per heavy atom. The highest BCUT2D eigenvalue weighted by atomic mass is 35.5. The highest BCUT2D eigenvalue weighted by Crippen LogP contribution is 2.17. The molecule has 0 radical (unpaired) electrons. The number of tetrazole rings is 1. The van der Waals surface area contributed by atoms with Crippen molar-refractivity contribution in [1.29, 1.82) is 0 Å². The van der Waals surface area contributed by atoms with Crippen LogP contribution in [0.3, 0.4) is 0 Å². The topological polar surface area (TPSA) is 72.7 Å². The molecule has 1 aromatic carbocycles. The zero-order valence-electron chi connectivity index (χ0n) is 13.3. The first-order chi connectivity index (χ1) is 12.2. The van der Waals surface area contributed by atoms with Crippen molar-refractivity contribution >= 4 is 40.6 Å². The molecule has 0 saturated carbocycles. The van der Waals surface area contributed by atoms with E-state index in [9.17, 15) is 4.79 Å². The first kappa shape index (κ1) is 17.9. The molecule has 2 heterocycles. The van der Waals surface area contributed by atoms with Crippen LogP contribution < -0.4 is 5.32 Å². The van der Waals surface area contributed by atoms with Gasteiger partial charge in [0.1, 0.15) is 0 Å². The van der Waals surface area contributed by atoms with Crippen LogP contribution in [0.2, 0.25) is 5.02 Å². The zero-order valence-corrected chi connectivity index (χ0v) is 15.7. The summed E-state index contributed by atoms with van der Waals surface area (Å²) >= 11 is 8.84. The number of rotatable bonds is 8. The smallest absolute Gasteiger partial charge is 0.230 e. The summed E-state index contributed by atoms with van der Waals surface area (Å²) in [5.41, 5.74) is 1.14. The molecule has 0 spiro atoms. The molecular formula is C16H16ClN5OS2. The van der Waals surface area contributed by atoms with Gasteiger partial charge in [0.05, 0.1) is 12.3 Å². The summed E-state index contributed by atoms with van der Waals surface area (Å²) < 4.78 is 1.71. The molecular weight excluding hydrogens is 378 g/mol. The largest absolute Gasteiger partial charge is 0.355 e. The van der Waals surface area contributed by atoms with E-state index in [0.29, 0.717) is 23.3 Å². The fraction of sp³-hybridized carbons (Fsp3) is 0.250. The van der Waals surface area contributed by atoms with Crippen molar-refractivity contribution in [3.05, 3.63) is 57.2 Å². The lowest BCUT2D eigenvalue weighted by molar-refractivity contribution is -0.118. The zero-order chi connectivity index (χ0) is 17.5. The van der Waals surface area contributed by atoms with E-state index in [-0.39, 0.29) is 11.7 Å². The van der Waals surface area contributed by atoms with Crippen molar-refractivity contribution in [3.8, 4) is 0 Å². The molecule has 3 aromatic rings. The normalized spacial score (nSPS) is 10.8. The number of aromatic nitrogens is 4. The van der Waals surface area contributed by atoms with Gasteiger partial charge in [0, 0.05) is 16.4 Å². The first-order valence-electron chi connectivity index (χ1n) is 7.63. The van der Waals surface area contributed by atoms with Crippen LogP contribution in [0.4, 0.5) is 0 Å². The maximum atomic E-state index is 12.0. The highest BCUT2D eigenvalue weighted by molar-refractivity contribution is 7.99. The van der Waals surface area contributed by atoms with Gasteiger partial charge < -0.3 is 5.32 Å². The van der Waals surface area contributed by atoms with Crippen LogP contribution in [0.5, 0.6) is 0 Å². The number of nitrogens with zero attached hydrogens (tertiary/aromatic N) is 4. The maximum Gasteiger partial charge on any atom is 0.230 e. The predicted molar refractivity (Wildman–Crippen MR) is 100 cm³/mol. The van der Waals surface area contributed by atoms with Crippen LogP contribution in [0.25, 0.3) is 0 Å². The van der Waals surface area contributed by atoms with Gasteiger partial charge in [0.25, 0.3) is 0 Å². The average Bonchev–Trinajstić information content (AvgIpc) is 3.27. The van der Waals surface area contributed by atoms with Crippen LogP contribution in [0, 0.1) is 0 Å². The quantitative estimate of drug-likeness (QED) is 0.596. The third kappa shape index (κ3) is 5.55. The number of amides is 1. The molecule has 0 aliphatic heterocycles. The second-order valence-corrected chi connectivity index (χ2v) is 7.62. The highest BCUT2D eigenvalue weighted by Gasteiger charge is 2.10. The van der Waals surface area contributed by atoms with Crippen LogP contribution >= 0.6 is 34.7 Å². The third-order valence-corrected chi connectivity index (χ3v) is 5.44. The summed E-state index contributed by atoms with van der Waals surface area (Å²) in [6, 6.07) is 11.6. The SMILES string of the molecule is O=C(CSc1nnnn1Cc1cccs1)NCCc1ccc(Cl)cc1. The Labute approximate surface area is 158 Å². The number of hydrogen-bond donors (Lipinski definition) is 1. The summed E-state index contributed by atoms with van der Waals surface area (Å²) in [5.74, 6) is 0.246.